The lowest BCUT2D eigenvalue weighted by molar-refractivity contribution is -0.134. The normalized spacial score (nSPS) is 15.3. The van der Waals surface area contributed by atoms with Crippen LogP contribution in [0.15, 0.2) is 48.6 Å². The molecule has 0 aromatic heterocycles. The van der Waals surface area contributed by atoms with Crippen molar-refractivity contribution >= 4 is 35.6 Å². The molecule has 0 radical (unpaired) electrons. The Morgan fingerprint density at radius 1 is 0.891 bits per heavy atom. The summed E-state index contributed by atoms with van der Waals surface area (Å²) < 4.78 is 40.5. The zero-order valence-electron chi connectivity index (χ0n) is 24.6. The van der Waals surface area contributed by atoms with Crippen LogP contribution in [0.1, 0.15) is 52.0 Å². The Morgan fingerprint density at radius 3 is 1.98 bits per heavy atom. The zero-order valence-corrected chi connectivity index (χ0v) is 24.6. The molecule has 46 heavy (non-hydrogen) atoms. The van der Waals surface area contributed by atoms with Gasteiger partial charge in [0.05, 0.1) is 11.1 Å². The lowest BCUT2D eigenvalue weighted by atomic mass is 9.86. The molecular formula is C31H33F3N4O8. The number of fused-ring (bicyclic) bond motifs is 1. The number of hydrogen-bond donors (Lipinski definition) is 4. The summed E-state index contributed by atoms with van der Waals surface area (Å²) in [5.74, 6) is -7.08. The van der Waals surface area contributed by atoms with E-state index in [0.29, 0.717) is 55.3 Å². The highest BCUT2D eigenvalue weighted by Crippen LogP contribution is 2.25. The van der Waals surface area contributed by atoms with Crippen LogP contribution in [-0.2, 0) is 25.6 Å². The number of nitrogens with zero attached hydrogens (tertiary/aromatic N) is 2. The Bertz CT molecular complexity index is 1470. The third-order valence-corrected chi connectivity index (χ3v) is 7.51. The molecule has 1 fully saturated rings. The first kappa shape index (κ1) is 35.4. The number of likely N-dealkylation sites (tertiary alicyclic amines) is 1. The van der Waals surface area contributed by atoms with Gasteiger partial charge < -0.3 is 26.2 Å². The second-order valence-electron chi connectivity index (χ2n) is 10.6. The van der Waals surface area contributed by atoms with Gasteiger partial charge in [-0.25, -0.2) is 22.8 Å². The minimum absolute atomic E-state index is 0.00610. The number of carbonyl (C=O) groups is 6. The highest BCUT2D eigenvalue weighted by Gasteiger charge is 2.35. The van der Waals surface area contributed by atoms with E-state index in [2.05, 4.69) is 5.32 Å². The van der Waals surface area contributed by atoms with Crippen LogP contribution in [0.25, 0.3) is 0 Å². The number of carboxylic acids is 2. The maximum atomic E-state index is 13.9. The van der Waals surface area contributed by atoms with Gasteiger partial charge in [-0.05, 0) is 48.9 Å². The fraction of sp³-hybridized carbons (Fsp3) is 0.355. The number of carboxylic acid groups (broad SMARTS) is 2. The molecular weight excluding hydrogens is 613 g/mol. The van der Waals surface area contributed by atoms with E-state index in [-0.39, 0.29) is 55.6 Å². The molecule has 15 heteroatoms. The third-order valence-electron chi connectivity index (χ3n) is 7.51. The van der Waals surface area contributed by atoms with E-state index in [4.69, 9.17) is 15.9 Å². The Labute approximate surface area is 261 Å². The van der Waals surface area contributed by atoms with Crippen molar-refractivity contribution in [2.24, 2.45) is 11.7 Å². The third kappa shape index (κ3) is 9.72. The van der Waals surface area contributed by atoms with Crippen molar-refractivity contribution in [2.45, 2.75) is 38.1 Å². The second-order valence-corrected chi connectivity index (χ2v) is 10.6. The van der Waals surface area contributed by atoms with E-state index in [0.717, 1.165) is 11.0 Å². The van der Waals surface area contributed by atoms with Gasteiger partial charge in [0.2, 0.25) is 11.8 Å². The van der Waals surface area contributed by atoms with Gasteiger partial charge in [-0.1, -0.05) is 12.1 Å². The van der Waals surface area contributed by atoms with Crippen LogP contribution in [0.4, 0.5) is 13.2 Å². The summed E-state index contributed by atoms with van der Waals surface area (Å²) in [6, 6.07) is 7.37. The van der Waals surface area contributed by atoms with E-state index in [1.54, 1.807) is 29.2 Å². The lowest BCUT2D eigenvalue weighted by Gasteiger charge is -2.35. The Hall–Kier alpha value is -5.05. The topological polar surface area (TPSA) is 187 Å². The molecule has 5 N–H and O–H groups in total. The quantitative estimate of drug-likeness (QED) is 0.161. The van der Waals surface area contributed by atoms with E-state index in [1.807, 2.05) is 0 Å². The molecule has 0 spiro atoms. The summed E-state index contributed by atoms with van der Waals surface area (Å²) in [6.45, 7) is 0.972. The number of nitrogens with two attached hydrogens (primary N) is 1. The number of piperidine rings is 1. The summed E-state index contributed by atoms with van der Waals surface area (Å²) in [6.07, 6.45) is 2.38. The summed E-state index contributed by atoms with van der Waals surface area (Å²) in [5, 5.41) is 18.3. The van der Waals surface area contributed by atoms with Gasteiger partial charge in [0.15, 0.2) is 11.6 Å². The van der Waals surface area contributed by atoms with Gasteiger partial charge in [-0.2, -0.15) is 0 Å². The van der Waals surface area contributed by atoms with Crippen molar-refractivity contribution in [1.29, 1.82) is 0 Å². The standard InChI is InChI=1S/C27H29F3N4O4.C4H4O4/c28-20-15-22(30)21(29)13-17(20)14-23(31)16-6-10-33(11-7-16)25(36)5-9-32-24(35)8-12-34-26(37)18-3-1-2-4-19(18)27(34)38;5-3(6)1-2-4(7)8/h1-4,13,15-16,23H,5-12,14,31H2,(H,32,35);1-2H,(H,5,6)(H,7,8)/t23-;/m1./s1. The Kier molecular flexibility index (Phi) is 12.6. The molecule has 2 aromatic carbocycles. The summed E-state index contributed by atoms with van der Waals surface area (Å²) in [7, 11) is 0. The predicted molar refractivity (Wildman–Crippen MR) is 156 cm³/mol. The lowest BCUT2D eigenvalue weighted by Crippen LogP contribution is -2.45. The Morgan fingerprint density at radius 2 is 1.43 bits per heavy atom. The molecule has 1 atom stereocenters. The average Bonchev–Trinajstić information content (AvgIpc) is 3.26. The first-order valence-corrected chi connectivity index (χ1v) is 14.3. The molecule has 0 unspecified atom stereocenters. The number of halogens is 3. The SMILES string of the molecule is N[C@H](Cc1cc(F)c(F)cc1F)C1CCN(C(=O)CCNC(=O)CCN2C(=O)c3ccccc3C2=O)CC1.O=C(O)C=CC(=O)O. The molecule has 2 aliphatic rings. The highest BCUT2D eigenvalue weighted by atomic mass is 19.2. The number of rotatable bonds is 11. The zero-order chi connectivity index (χ0) is 34.0. The van der Waals surface area contributed by atoms with Gasteiger partial charge >= 0.3 is 11.9 Å². The van der Waals surface area contributed by atoms with Crippen molar-refractivity contribution in [2.75, 3.05) is 26.2 Å². The first-order chi connectivity index (χ1) is 21.8. The summed E-state index contributed by atoms with van der Waals surface area (Å²) in [4.78, 5) is 71.3. The van der Waals surface area contributed by atoms with E-state index < -0.39 is 47.2 Å². The van der Waals surface area contributed by atoms with Crippen molar-refractivity contribution in [3.05, 3.63) is 82.7 Å². The maximum Gasteiger partial charge on any atom is 0.328 e. The number of amides is 4. The van der Waals surface area contributed by atoms with Crippen LogP contribution in [0.2, 0.25) is 0 Å². The number of hydrogen-bond acceptors (Lipinski definition) is 7. The number of aliphatic carboxylic acids is 2. The van der Waals surface area contributed by atoms with Gasteiger partial charge in [0.25, 0.3) is 11.8 Å². The molecule has 1 saturated heterocycles. The molecule has 0 saturated carbocycles. The van der Waals surface area contributed by atoms with Gasteiger partial charge in [-0.15, -0.1) is 0 Å². The fourth-order valence-electron chi connectivity index (χ4n) is 5.07. The highest BCUT2D eigenvalue weighted by molar-refractivity contribution is 6.21. The molecule has 4 amide bonds. The van der Waals surface area contributed by atoms with Crippen LogP contribution >= 0.6 is 0 Å². The van der Waals surface area contributed by atoms with Crippen LogP contribution in [0.3, 0.4) is 0 Å². The molecule has 2 aromatic rings. The maximum absolute atomic E-state index is 13.9. The molecule has 0 aliphatic carbocycles. The van der Waals surface area contributed by atoms with Crippen molar-refractivity contribution < 1.29 is 52.2 Å². The molecule has 0 bridgehead atoms. The van der Waals surface area contributed by atoms with Crippen LogP contribution < -0.4 is 11.1 Å². The largest absolute Gasteiger partial charge is 0.478 e. The number of imide groups is 1. The summed E-state index contributed by atoms with van der Waals surface area (Å²) in [5.41, 5.74) is 6.88. The fourth-order valence-corrected chi connectivity index (χ4v) is 5.07. The van der Waals surface area contributed by atoms with E-state index in [9.17, 15) is 41.9 Å². The minimum Gasteiger partial charge on any atom is -0.478 e. The van der Waals surface area contributed by atoms with E-state index >= 15 is 0 Å². The number of carbonyl (C=O) groups excluding carboxylic acids is 4. The number of nitrogens with one attached hydrogen (secondary N) is 1. The van der Waals surface area contributed by atoms with E-state index in [1.165, 1.54) is 0 Å². The van der Waals surface area contributed by atoms with Gasteiger partial charge in [0, 0.05) is 63.3 Å². The molecule has 246 valence electrons. The van der Waals surface area contributed by atoms with Crippen molar-refractivity contribution in [1.82, 2.24) is 15.1 Å². The average molecular weight is 647 g/mol. The first-order valence-electron chi connectivity index (χ1n) is 14.3. The molecule has 2 aliphatic heterocycles. The van der Waals surface area contributed by atoms with Crippen LogP contribution in [0.5, 0.6) is 0 Å². The molecule has 2 heterocycles. The monoisotopic (exact) mass is 646 g/mol. The minimum atomic E-state index is -1.26. The number of benzene rings is 2. The van der Waals surface area contributed by atoms with Crippen LogP contribution in [0, 0.1) is 23.4 Å². The molecule has 4 rings (SSSR count). The van der Waals surface area contributed by atoms with Crippen LogP contribution in [-0.4, -0.2) is 87.8 Å². The summed E-state index contributed by atoms with van der Waals surface area (Å²) >= 11 is 0. The molecule has 12 nitrogen and oxygen atoms in total. The second kappa shape index (κ2) is 16.3. The predicted octanol–water partition coefficient (Wildman–Crippen LogP) is 2.12. The van der Waals surface area contributed by atoms with Gasteiger partial charge in [-0.3, -0.25) is 24.1 Å². The smallest absolute Gasteiger partial charge is 0.328 e. The van der Waals surface area contributed by atoms with Gasteiger partial charge in [0.1, 0.15) is 5.82 Å². The Balaban J connectivity index is 0.000000637. The van der Waals surface area contributed by atoms with Crippen molar-refractivity contribution in [3.63, 3.8) is 0 Å². The van der Waals surface area contributed by atoms with Crippen molar-refractivity contribution in [3.8, 4) is 0 Å².